The van der Waals surface area contributed by atoms with E-state index in [0.29, 0.717) is 6.54 Å². The van der Waals surface area contributed by atoms with Crippen LogP contribution in [0.25, 0.3) is 0 Å². The van der Waals surface area contributed by atoms with E-state index in [0.717, 1.165) is 25.7 Å². The number of aliphatic hydroxyl groups is 1. The van der Waals surface area contributed by atoms with Gasteiger partial charge in [-0.1, -0.05) is 117 Å². The first-order chi connectivity index (χ1) is 11.7. The van der Waals surface area contributed by atoms with E-state index in [2.05, 4.69) is 13.8 Å². The minimum absolute atomic E-state index is 0.431. The number of rotatable bonds is 19. The van der Waals surface area contributed by atoms with Gasteiger partial charge < -0.3 is 10.8 Å². The molecule has 2 heteroatoms. The molecule has 2 nitrogen and oxygen atoms in total. The maximum atomic E-state index is 10.6. The zero-order valence-corrected chi connectivity index (χ0v) is 17.0. The fraction of sp³-hybridized carbons (Fsp3) is 1.00. The van der Waals surface area contributed by atoms with Crippen LogP contribution in [0.3, 0.4) is 0 Å². The van der Waals surface area contributed by atoms with Gasteiger partial charge in [-0.05, 0) is 12.8 Å². The van der Waals surface area contributed by atoms with Crippen LogP contribution in [0, 0.1) is 0 Å². The number of hydrogen-bond acceptors (Lipinski definition) is 2. The van der Waals surface area contributed by atoms with Gasteiger partial charge in [0.05, 0.1) is 5.60 Å². The first-order valence-corrected chi connectivity index (χ1v) is 11.1. The Morgan fingerprint density at radius 3 is 1.12 bits per heavy atom. The molecule has 146 valence electrons. The lowest BCUT2D eigenvalue weighted by Gasteiger charge is -2.26. The van der Waals surface area contributed by atoms with Crippen molar-refractivity contribution in [1.82, 2.24) is 0 Å². The van der Waals surface area contributed by atoms with Crippen molar-refractivity contribution in [3.63, 3.8) is 0 Å². The minimum atomic E-state index is -0.593. The van der Waals surface area contributed by atoms with Crippen molar-refractivity contribution in [2.24, 2.45) is 5.73 Å². The zero-order chi connectivity index (χ0) is 17.9. The van der Waals surface area contributed by atoms with Crippen molar-refractivity contribution in [3.05, 3.63) is 0 Å². The second-order valence-electron chi connectivity index (χ2n) is 7.88. The Morgan fingerprint density at radius 2 is 0.833 bits per heavy atom. The Labute approximate surface area is 153 Å². The summed E-state index contributed by atoms with van der Waals surface area (Å²) in [6.45, 7) is 4.96. The molecule has 0 aliphatic heterocycles. The average molecular weight is 342 g/mol. The maximum absolute atomic E-state index is 10.6. The molecule has 0 aromatic carbocycles. The van der Waals surface area contributed by atoms with Crippen LogP contribution < -0.4 is 5.73 Å². The van der Waals surface area contributed by atoms with Gasteiger partial charge in [-0.2, -0.15) is 0 Å². The second kappa shape index (κ2) is 17.7. The van der Waals surface area contributed by atoms with E-state index in [1.807, 2.05) is 0 Å². The van der Waals surface area contributed by atoms with Crippen LogP contribution in [0.4, 0.5) is 0 Å². The van der Waals surface area contributed by atoms with Crippen molar-refractivity contribution >= 4 is 0 Å². The summed E-state index contributed by atoms with van der Waals surface area (Å²) in [6, 6.07) is 0. The Hall–Kier alpha value is -0.0800. The van der Waals surface area contributed by atoms with Gasteiger partial charge in [0, 0.05) is 6.54 Å². The fourth-order valence-electron chi connectivity index (χ4n) is 3.51. The van der Waals surface area contributed by atoms with Crippen molar-refractivity contribution in [2.45, 2.75) is 135 Å². The molecule has 0 aromatic rings. The molecule has 0 spiro atoms. The van der Waals surface area contributed by atoms with E-state index in [9.17, 15) is 5.11 Å². The van der Waals surface area contributed by atoms with Gasteiger partial charge in [0.15, 0.2) is 0 Å². The van der Waals surface area contributed by atoms with Crippen LogP contribution in [-0.2, 0) is 0 Å². The molecule has 0 aliphatic carbocycles. The van der Waals surface area contributed by atoms with Crippen LogP contribution in [0.15, 0.2) is 0 Å². The van der Waals surface area contributed by atoms with Crippen LogP contribution >= 0.6 is 0 Å². The molecular weight excluding hydrogens is 294 g/mol. The molecule has 24 heavy (non-hydrogen) atoms. The van der Waals surface area contributed by atoms with Crippen molar-refractivity contribution in [1.29, 1.82) is 0 Å². The summed E-state index contributed by atoms with van der Waals surface area (Å²) in [7, 11) is 0. The van der Waals surface area contributed by atoms with Crippen LogP contribution in [0.5, 0.6) is 0 Å². The van der Waals surface area contributed by atoms with Crippen molar-refractivity contribution in [3.8, 4) is 0 Å². The zero-order valence-electron chi connectivity index (χ0n) is 17.0. The maximum Gasteiger partial charge on any atom is 0.0769 e. The Kier molecular flexibility index (Phi) is 17.7. The SMILES string of the molecule is CCCCCCCCCCC(O)(CN)CCCCCCCCCC. The average Bonchev–Trinajstić information content (AvgIpc) is 2.59. The summed E-state index contributed by atoms with van der Waals surface area (Å²) in [5.74, 6) is 0. The Morgan fingerprint density at radius 1 is 0.542 bits per heavy atom. The third kappa shape index (κ3) is 15.4. The van der Waals surface area contributed by atoms with Gasteiger partial charge in [0.1, 0.15) is 0 Å². The largest absolute Gasteiger partial charge is 0.389 e. The standard InChI is InChI=1S/C22H47NO/c1-3-5-7-9-11-13-15-17-19-22(24,21-23)20-18-16-14-12-10-8-6-4-2/h24H,3-21,23H2,1-2H3. The lowest BCUT2D eigenvalue weighted by molar-refractivity contribution is 0.0264. The van der Waals surface area contributed by atoms with E-state index < -0.39 is 5.60 Å². The highest BCUT2D eigenvalue weighted by atomic mass is 16.3. The molecule has 0 amide bonds. The van der Waals surface area contributed by atoms with Crippen molar-refractivity contribution in [2.75, 3.05) is 6.54 Å². The summed E-state index contributed by atoms with van der Waals surface area (Å²) >= 11 is 0. The molecule has 0 saturated carbocycles. The predicted molar refractivity (Wildman–Crippen MR) is 108 cm³/mol. The van der Waals surface area contributed by atoms with Gasteiger partial charge in [0.2, 0.25) is 0 Å². The monoisotopic (exact) mass is 341 g/mol. The van der Waals surface area contributed by atoms with Crippen LogP contribution in [0.2, 0.25) is 0 Å². The van der Waals surface area contributed by atoms with Gasteiger partial charge in [-0.15, -0.1) is 0 Å². The molecule has 0 saturated heterocycles. The Bertz CT molecular complexity index is 222. The van der Waals surface area contributed by atoms with E-state index in [-0.39, 0.29) is 0 Å². The molecule has 3 N–H and O–H groups in total. The molecule has 0 rings (SSSR count). The quantitative estimate of drug-likeness (QED) is 0.256. The van der Waals surface area contributed by atoms with E-state index in [4.69, 9.17) is 5.73 Å². The number of hydrogen-bond donors (Lipinski definition) is 2. The molecule has 0 heterocycles. The van der Waals surface area contributed by atoms with Crippen LogP contribution in [-0.4, -0.2) is 17.3 Å². The fourth-order valence-corrected chi connectivity index (χ4v) is 3.51. The topological polar surface area (TPSA) is 46.2 Å². The minimum Gasteiger partial charge on any atom is -0.389 e. The third-order valence-electron chi connectivity index (χ3n) is 5.37. The molecule has 0 atom stereocenters. The summed E-state index contributed by atoms with van der Waals surface area (Å²) in [5.41, 5.74) is 5.26. The second-order valence-corrected chi connectivity index (χ2v) is 7.88. The predicted octanol–water partition coefficient (Wildman–Crippen LogP) is 6.74. The molecule has 0 bridgehead atoms. The molecule has 0 aliphatic rings. The highest BCUT2D eigenvalue weighted by Crippen LogP contribution is 2.22. The molecule has 0 unspecified atom stereocenters. The summed E-state index contributed by atoms with van der Waals surface area (Å²) in [5, 5.41) is 10.6. The number of nitrogens with two attached hydrogens (primary N) is 1. The Balaban J connectivity index is 3.51. The van der Waals surface area contributed by atoms with E-state index >= 15 is 0 Å². The van der Waals surface area contributed by atoms with E-state index in [1.54, 1.807) is 0 Å². The van der Waals surface area contributed by atoms with Gasteiger partial charge in [-0.3, -0.25) is 0 Å². The first-order valence-electron chi connectivity index (χ1n) is 11.1. The normalized spacial score (nSPS) is 12.0. The first kappa shape index (κ1) is 23.9. The lowest BCUT2D eigenvalue weighted by atomic mass is 9.89. The molecular formula is C22H47NO. The van der Waals surface area contributed by atoms with Crippen molar-refractivity contribution < 1.29 is 5.11 Å². The summed E-state index contributed by atoms with van der Waals surface area (Å²) in [4.78, 5) is 0. The van der Waals surface area contributed by atoms with Gasteiger partial charge in [-0.25, -0.2) is 0 Å². The highest BCUT2D eigenvalue weighted by Gasteiger charge is 2.23. The van der Waals surface area contributed by atoms with Crippen LogP contribution in [0.1, 0.15) is 129 Å². The molecule has 0 radical (unpaired) electrons. The van der Waals surface area contributed by atoms with E-state index in [1.165, 1.54) is 89.9 Å². The lowest BCUT2D eigenvalue weighted by Crippen LogP contribution is -2.37. The van der Waals surface area contributed by atoms with Gasteiger partial charge in [0.25, 0.3) is 0 Å². The summed E-state index contributed by atoms with van der Waals surface area (Å²) < 4.78 is 0. The molecule has 0 aromatic heterocycles. The summed E-state index contributed by atoms with van der Waals surface area (Å²) in [6.07, 6.45) is 22.9. The highest BCUT2D eigenvalue weighted by molar-refractivity contribution is 4.79. The van der Waals surface area contributed by atoms with Gasteiger partial charge >= 0.3 is 0 Å². The third-order valence-corrected chi connectivity index (χ3v) is 5.37. The smallest absolute Gasteiger partial charge is 0.0769 e. The number of unbranched alkanes of at least 4 members (excludes halogenated alkanes) is 14. The molecule has 0 fully saturated rings.